The van der Waals surface area contributed by atoms with Crippen LogP contribution in [0.1, 0.15) is 24.8 Å². The van der Waals surface area contributed by atoms with Gasteiger partial charge in [0, 0.05) is 19.0 Å². The van der Waals surface area contributed by atoms with E-state index in [0.717, 1.165) is 18.9 Å². The molecule has 2 aliphatic rings. The summed E-state index contributed by atoms with van der Waals surface area (Å²) in [6.45, 7) is 2.30. The van der Waals surface area contributed by atoms with Crippen LogP contribution in [0.15, 0.2) is 47.4 Å². The number of carbonyl (C=O) groups excluding carboxylic acids is 1. The summed E-state index contributed by atoms with van der Waals surface area (Å²) in [5, 5.41) is 0. The van der Waals surface area contributed by atoms with E-state index in [1.807, 2.05) is 0 Å². The van der Waals surface area contributed by atoms with Crippen LogP contribution >= 0.6 is 0 Å². The van der Waals surface area contributed by atoms with Crippen LogP contribution in [-0.2, 0) is 14.8 Å². The number of carbonyl (C=O) groups is 1. The first-order valence-corrected chi connectivity index (χ1v) is 10.5. The van der Waals surface area contributed by atoms with Gasteiger partial charge in [0.1, 0.15) is 5.82 Å². The van der Waals surface area contributed by atoms with Crippen molar-refractivity contribution in [2.24, 2.45) is 5.92 Å². The fourth-order valence-electron chi connectivity index (χ4n) is 3.41. The summed E-state index contributed by atoms with van der Waals surface area (Å²) in [5.41, 5.74) is 1.46. The predicted octanol–water partition coefficient (Wildman–Crippen LogP) is 3.48. The quantitative estimate of drug-likeness (QED) is 0.809. The lowest BCUT2D eigenvalue weighted by molar-refractivity contribution is -0.119. The predicted molar refractivity (Wildman–Crippen MR) is 102 cm³/mol. The standard InChI is InChI=1S/C20H21FN2O3S/c1-14-7-10-16(13-17(14)21)27(25,26)23-12-4-11-22(20(24)15-8-9-15)18-5-2-3-6-19(18)23/h2-3,5-7,10,13,15H,4,8-9,11-12H2,1H3. The molecule has 0 unspecified atom stereocenters. The van der Waals surface area contributed by atoms with Crippen molar-refractivity contribution in [1.29, 1.82) is 0 Å². The van der Waals surface area contributed by atoms with Crippen LogP contribution < -0.4 is 9.21 Å². The lowest BCUT2D eigenvalue weighted by Crippen LogP contribution is -2.32. The maximum Gasteiger partial charge on any atom is 0.264 e. The van der Waals surface area contributed by atoms with E-state index in [9.17, 15) is 17.6 Å². The molecule has 1 amide bonds. The molecule has 0 saturated heterocycles. The van der Waals surface area contributed by atoms with Gasteiger partial charge in [0.05, 0.1) is 16.3 Å². The Morgan fingerprint density at radius 1 is 1.07 bits per heavy atom. The number of nitrogens with zero attached hydrogens (tertiary/aromatic N) is 2. The van der Waals surface area contributed by atoms with Crippen molar-refractivity contribution in [2.75, 3.05) is 22.3 Å². The molecule has 0 bridgehead atoms. The molecule has 1 fully saturated rings. The second-order valence-electron chi connectivity index (χ2n) is 7.09. The van der Waals surface area contributed by atoms with Crippen LogP contribution in [0.25, 0.3) is 0 Å². The van der Waals surface area contributed by atoms with Gasteiger partial charge in [0.25, 0.3) is 10.0 Å². The molecule has 0 N–H and O–H groups in total. The summed E-state index contributed by atoms with van der Waals surface area (Å²) in [7, 11) is -3.94. The number of hydrogen-bond acceptors (Lipinski definition) is 3. The summed E-state index contributed by atoms with van der Waals surface area (Å²) >= 11 is 0. The Morgan fingerprint density at radius 3 is 2.44 bits per heavy atom. The minimum Gasteiger partial charge on any atom is -0.310 e. The van der Waals surface area contributed by atoms with Gasteiger partial charge in [-0.05, 0) is 56.0 Å². The number of amides is 1. The maximum absolute atomic E-state index is 14.0. The van der Waals surface area contributed by atoms with Crippen molar-refractivity contribution in [1.82, 2.24) is 0 Å². The Bertz CT molecular complexity index is 1000. The van der Waals surface area contributed by atoms with Gasteiger partial charge >= 0.3 is 0 Å². The number of para-hydroxylation sites is 2. The lowest BCUT2D eigenvalue weighted by Gasteiger charge is -2.26. The average Bonchev–Trinajstić information content (AvgIpc) is 3.49. The fraction of sp³-hybridized carbons (Fsp3) is 0.350. The molecule has 27 heavy (non-hydrogen) atoms. The van der Waals surface area contributed by atoms with Crippen LogP contribution in [0, 0.1) is 18.7 Å². The molecule has 1 aliphatic heterocycles. The van der Waals surface area contributed by atoms with E-state index < -0.39 is 15.8 Å². The molecule has 142 valence electrons. The zero-order valence-electron chi connectivity index (χ0n) is 15.1. The number of hydrogen-bond donors (Lipinski definition) is 0. The van der Waals surface area contributed by atoms with Gasteiger partial charge in [-0.3, -0.25) is 9.10 Å². The van der Waals surface area contributed by atoms with E-state index in [2.05, 4.69) is 0 Å². The van der Waals surface area contributed by atoms with E-state index in [-0.39, 0.29) is 23.3 Å². The highest BCUT2D eigenvalue weighted by molar-refractivity contribution is 7.92. The third-order valence-corrected chi connectivity index (χ3v) is 6.92. The topological polar surface area (TPSA) is 57.7 Å². The monoisotopic (exact) mass is 388 g/mol. The van der Waals surface area contributed by atoms with Crippen LogP contribution in [-0.4, -0.2) is 27.4 Å². The van der Waals surface area contributed by atoms with Gasteiger partial charge in [-0.25, -0.2) is 12.8 Å². The Hall–Kier alpha value is -2.41. The van der Waals surface area contributed by atoms with Crippen molar-refractivity contribution in [3.05, 3.63) is 53.8 Å². The van der Waals surface area contributed by atoms with Crippen LogP contribution in [0.3, 0.4) is 0 Å². The minimum absolute atomic E-state index is 0.0485. The molecule has 5 nitrogen and oxygen atoms in total. The second kappa shape index (κ2) is 6.64. The second-order valence-corrected chi connectivity index (χ2v) is 8.96. The highest BCUT2D eigenvalue weighted by Gasteiger charge is 2.37. The lowest BCUT2D eigenvalue weighted by atomic mass is 10.2. The van der Waals surface area contributed by atoms with Crippen molar-refractivity contribution in [2.45, 2.75) is 31.1 Å². The van der Waals surface area contributed by atoms with Gasteiger partial charge in [-0.2, -0.15) is 0 Å². The summed E-state index contributed by atoms with van der Waals surface area (Å²) in [6, 6.07) is 11.0. The molecule has 2 aromatic carbocycles. The van der Waals surface area contributed by atoms with Crippen molar-refractivity contribution >= 4 is 27.3 Å². The zero-order chi connectivity index (χ0) is 19.2. The average molecular weight is 388 g/mol. The third-order valence-electron chi connectivity index (χ3n) is 5.11. The minimum atomic E-state index is -3.94. The molecule has 0 spiro atoms. The molecule has 1 heterocycles. The first-order chi connectivity index (χ1) is 12.9. The van der Waals surface area contributed by atoms with E-state index >= 15 is 0 Å². The summed E-state index contributed by atoms with van der Waals surface area (Å²) in [6.07, 6.45) is 2.30. The molecule has 2 aromatic rings. The largest absolute Gasteiger partial charge is 0.310 e. The first-order valence-electron chi connectivity index (χ1n) is 9.09. The fourth-order valence-corrected chi connectivity index (χ4v) is 4.94. The molecular formula is C20H21FN2O3S. The Kier molecular flexibility index (Phi) is 4.42. The van der Waals surface area contributed by atoms with Crippen molar-refractivity contribution < 1.29 is 17.6 Å². The molecule has 1 aliphatic carbocycles. The number of benzene rings is 2. The van der Waals surface area contributed by atoms with Crippen molar-refractivity contribution in [3.63, 3.8) is 0 Å². The van der Waals surface area contributed by atoms with E-state index in [4.69, 9.17) is 0 Å². The van der Waals surface area contributed by atoms with Gasteiger partial charge in [0.2, 0.25) is 5.91 Å². The van der Waals surface area contributed by atoms with Gasteiger partial charge < -0.3 is 4.90 Å². The number of anilines is 2. The van der Waals surface area contributed by atoms with Crippen LogP contribution in [0.4, 0.5) is 15.8 Å². The third kappa shape index (κ3) is 3.20. The highest BCUT2D eigenvalue weighted by Crippen LogP contribution is 2.39. The number of aryl methyl sites for hydroxylation is 1. The zero-order valence-corrected chi connectivity index (χ0v) is 15.9. The van der Waals surface area contributed by atoms with Crippen molar-refractivity contribution in [3.8, 4) is 0 Å². The van der Waals surface area contributed by atoms with E-state index in [0.29, 0.717) is 29.9 Å². The molecule has 0 aromatic heterocycles. The molecule has 1 saturated carbocycles. The van der Waals surface area contributed by atoms with Crippen LogP contribution in [0.2, 0.25) is 0 Å². The SMILES string of the molecule is Cc1ccc(S(=O)(=O)N2CCCN(C(=O)C3CC3)c3ccccc32)cc1F. The normalized spacial score (nSPS) is 17.4. The van der Waals surface area contributed by atoms with E-state index in [1.165, 1.54) is 16.4 Å². The van der Waals surface area contributed by atoms with Crippen LogP contribution in [0.5, 0.6) is 0 Å². The number of fused-ring (bicyclic) bond motifs is 1. The summed E-state index contributed by atoms with van der Waals surface area (Å²) in [5.74, 6) is -0.444. The molecule has 7 heteroatoms. The highest BCUT2D eigenvalue weighted by atomic mass is 32.2. The number of rotatable bonds is 3. The number of sulfonamides is 1. The van der Waals surface area contributed by atoms with E-state index in [1.54, 1.807) is 36.1 Å². The molecule has 0 radical (unpaired) electrons. The summed E-state index contributed by atoms with van der Waals surface area (Å²) < 4.78 is 41.8. The molecule has 0 atom stereocenters. The van der Waals surface area contributed by atoms with Gasteiger partial charge in [0.15, 0.2) is 0 Å². The maximum atomic E-state index is 14.0. The van der Waals surface area contributed by atoms with Gasteiger partial charge in [-0.15, -0.1) is 0 Å². The molecular weight excluding hydrogens is 367 g/mol. The smallest absolute Gasteiger partial charge is 0.264 e. The Labute approximate surface area is 158 Å². The van der Waals surface area contributed by atoms with Gasteiger partial charge in [-0.1, -0.05) is 18.2 Å². The first kappa shape index (κ1) is 18.0. The number of halogens is 1. The molecule has 4 rings (SSSR count). The Morgan fingerprint density at radius 2 is 1.78 bits per heavy atom. The Balaban J connectivity index is 1.78. The summed E-state index contributed by atoms with van der Waals surface area (Å²) in [4.78, 5) is 14.3.